The number of hydrogen-bond acceptors (Lipinski definition) is 2. The maximum Gasteiger partial charge on any atom is 0.335 e. The van der Waals surface area contributed by atoms with Gasteiger partial charge in [-0.15, -0.1) is 6.58 Å². The third kappa shape index (κ3) is 4.09. The molecule has 4 nitrogen and oxygen atoms in total. The molecule has 0 saturated carbocycles. The molecular weight excluding hydrogens is 324 g/mol. The maximum absolute atomic E-state index is 11.2. The minimum Gasteiger partial charge on any atom is -0.478 e. The Labute approximate surface area is 154 Å². The zero-order chi connectivity index (χ0) is 19.1. The van der Waals surface area contributed by atoms with Gasteiger partial charge < -0.3 is 9.67 Å². The minimum atomic E-state index is -0.919. The number of para-hydroxylation sites is 1. The Morgan fingerprint density at radius 2 is 1.88 bits per heavy atom. The van der Waals surface area contributed by atoms with Crippen LogP contribution >= 0.6 is 0 Å². The molecule has 3 aromatic rings. The molecule has 0 aliphatic heterocycles. The molecule has 0 aliphatic rings. The van der Waals surface area contributed by atoms with Gasteiger partial charge in [0.25, 0.3) is 0 Å². The van der Waals surface area contributed by atoms with Crippen LogP contribution in [0, 0.1) is 0 Å². The van der Waals surface area contributed by atoms with Crippen molar-refractivity contribution < 1.29 is 9.90 Å². The Bertz CT molecular complexity index is 938. The van der Waals surface area contributed by atoms with Crippen molar-refractivity contribution in [2.45, 2.75) is 19.9 Å². The molecule has 1 aromatic heterocycles. The van der Waals surface area contributed by atoms with Gasteiger partial charge in [0.2, 0.25) is 0 Å². The first-order valence-electron chi connectivity index (χ1n) is 8.46. The van der Waals surface area contributed by atoms with Gasteiger partial charge in [-0.2, -0.15) is 0 Å². The van der Waals surface area contributed by atoms with Gasteiger partial charge in [-0.05, 0) is 43.7 Å². The van der Waals surface area contributed by atoms with Crippen LogP contribution in [0.4, 0.5) is 0 Å². The van der Waals surface area contributed by atoms with Gasteiger partial charge in [0, 0.05) is 29.9 Å². The molecule has 0 fully saturated rings. The second-order valence-electron chi connectivity index (χ2n) is 5.90. The largest absolute Gasteiger partial charge is 0.478 e. The van der Waals surface area contributed by atoms with Crippen LogP contribution in [0.25, 0.3) is 22.2 Å². The van der Waals surface area contributed by atoms with Gasteiger partial charge in [0.05, 0.1) is 11.6 Å². The Balaban J connectivity index is 0.000000758. The number of rotatable bonds is 4. The van der Waals surface area contributed by atoms with Gasteiger partial charge in [-0.25, -0.2) is 4.79 Å². The van der Waals surface area contributed by atoms with Crippen molar-refractivity contribution in [3.8, 4) is 11.3 Å². The van der Waals surface area contributed by atoms with E-state index in [9.17, 15) is 9.90 Å². The Hall–Kier alpha value is -3.14. The van der Waals surface area contributed by atoms with Crippen LogP contribution in [0.5, 0.6) is 0 Å². The molecule has 1 heterocycles. The summed E-state index contributed by atoms with van der Waals surface area (Å²) >= 11 is 0. The van der Waals surface area contributed by atoms with E-state index in [0.29, 0.717) is 0 Å². The summed E-state index contributed by atoms with van der Waals surface area (Å²) in [6.07, 6.45) is 3.64. The van der Waals surface area contributed by atoms with Crippen molar-refractivity contribution >= 4 is 23.1 Å². The monoisotopic (exact) mass is 348 g/mol. The average Bonchev–Trinajstić information content (AvgIpc) is 3.02. The van der Waals surface area contributed by atoms with Gasteiger partial charge in [-0.3, -0.25) is 4.99 Å². The predicted molar refractivity (Wildman–Crippen MR) is 109 cm³/mol. The van der Waals surface area contributed by atoms with E-state index in [-0.39, 0.29) is 11.6 Å². The highest BCUT2D eigenvalue weighted by Crippen LogP contribution is 2.31. The van der Waals surface area contributed by atoms with E-state index >= 15 is 0 Å². The summed E-state index contributed by atoms with van der Waals surface area (Å²) < 4.78 is 2.18. The molecule has 0 aliphatic carbocycles. The second kappa shape index (κ2) is 8.81. The lowest BCUT2D eigenvalue weighted by molar-refractivity contribution is 0.0697. The Kier molecular flexibility index (Phi) is 6.50. The second-order valence-corrected chi connectivity index (χ2v) is 5.90. The molecule has 2 aromatic carbocycles. The van der Waals surface area contributed by atoms with Crippen molar-refractivity contribution in [2.24, 2.45) is 4.99 Å². The van der Waals surface area contributed by atoms with E-state index in [2.05, 4.69) is 41.3 Å². The molecule has 3 rings (SSSR count). The number of fused-ring (bicyclic) bond motifs is 1. The van der Waals surface area contributed by atoms with Crippen molar-refractivity contribution in [1.82, 2.24) is 4.57 Å². The van der Waals surface area contributed by atoms with Crippen LogP contribution in [-0.2, 0) is 0 Å². The first-order chi connectivity index (χ1) is 12.5. The molecule has 0 spiro atoms. The standard InChI is InChI=1S/C19H18N2O2.C3H6/c1-13(12-20-2)21-17-9-4-3-6-15(17)11-18(21)14-7-5-8-16(10-14)19(22)23;1-3-2/h3-13H,1-2H3,(H,22,23);3H,1H2,2H3. The van der Waals surface area contributed by atoms with E-state index in [1.165, 1.54) is 0 Å². The lowest BCUT2D eigenvalue weighted by atomic mass is 10.1. The van der Waals surface area contributed by atoms with E-state index in [4.69, 9.17) is 0 Å². The highest BCUT2D eigenvalue weighted by atomic mass is 16.4. The van der Waals surface area contributed by atoms with Crippen molar-refractivity contribution in [2.75, 3.05) is 7.05 Å². The van der Waals surface area contributed by atoms with Crippen LogP contribution in [0.15, 0.2) is 72.2 Å². The fourth-order valence-electron chi connectivity index (χ4n) is 2.93. The third-order valence-corrected chi connectivity index (χ3v) is 3.93. The van der Waals surface area contributed by atoms with Crippen LogP contribution in [-0.4, -0.2) is 28.9 Å². The molecule has 4 heteroatoms. The summed E-state index contributed by atoms with van der Waals surface area (Å²) in [5.74, 6) is -0.919. The van der Waals surface area contributed by atoms with Gasteiger partial charge in [0.15, 0.2) is 0 Å². The number of carboxylic acids is 1. The lowest BCUT2D eigenvalue weighted by Crippen LogP contribution is -2.08. The number of nitrogens with zero attached hydrogens (tertiary/aromatic N) is 2. The van der Waals surface area contributed by atoms with Crippen LogP contribution in [0.2, 0.25) is 0 Å². The van der Waals surface area contributed by atoms with Crippen LogP contribution in [0.1, 0.15) is 30.2 Å². The van der Waals surface area contributed by atoms with E-state index in [1.807, 2.05) is 31.3 Å². The van der Waals surface area contributed by atoms with Crippen LogP contribution in [0.3, 0.4) is 0 Å². The molecule has 0 bridgehead atoms. The summed E-state index contributed by atoms with van der Waals surface area (Å²) in [6.45, 7) is 7.32. The highest BCUT2D eigenvalue weighted by molar-refractivity contribution is 5.92. The summed E-state index contributed by atoms with van der Waals surface area (Å²) in [6, 6.07) is 17.3. The first kappa shape index (κ1) is 19.2. The molecule has 1 N–H and O–H groups in total. The molecular formula is C22H24N2O2. The SMILES string of the molecule is C=CC.CN=CC(C)n1c(-c2cccc(C(=O)O)c2)cc2ccccc21. The summed E-state index contributed by atoms with van der Waals surface area (Å²) in [7, 11) is 1.76. The molecule has 134 valence electrons. The molecule has 0 radical (unpaired) electrons. The van der Waals surface area contributed by atoms with Crippen molar-refractivity contribution in [3.05, 3.63) is 72.8 Å². The quantitative estimate of drug-likeness (QED) is 0.503. The number of aromatic nitrogens is 1. The van der Waals surface area contributed by atoms with Gasteiger partial charge >= 0.3 is 5.97 Å². The Morgan fingerprint density at radius 1 is 1.19 bits per heavy atom. The van der Waals surface area contributed by atoms with E-state index < -0.39 is 5.97 Å². The average molecular weight is 348 g/mol. The van der Waals surface area contributed by atoms with Crippen molar-refractivity contribution in [1.29, 1.82) is 0 Å². The predicted octanol–water partition coefficient (Wildman–Crippen LogP) is 5.46. The topological polar surface area (TPSA) is 54.6 Å². The van der Waals surface area contributed by atoms with E-state index in [1.54, 1.807) is 31.3 Å². The molecule has 26 heavy (non-hydrogen) atoms. The summed E-state index contributed by atoms with van der Waals surface area (Å²) in [4.78, 5) is 15.4. The fraction of sp³-hybridized carbons (Fsp3) is 0.182. The zero-order valence-corrected chi connectivity index (χ0v) is 15.4. The van der Waals surface area contributed by atoms with Crippen LogP contribution < -0.4 is 0 Å². The first-order valence-corrected chi connectivity index (χ1v) is 8.46. The number of allylic oxidation sites excluding steroid dienone is 1. The Morgan fingerprint density at radius 3 is 2.54 bits per heavy atom. The number of aliphatic imine (C=N–C) groups is 1. The number of carboxylic acid groups (broad SMARTS) is 1. The normalized spacial score (nSPS) is 11.8. The number of hydrogen-bond donors (Lipinski definition) is 1. The smallest absolute Gasteiger partial charge is 0.335 e. The molecule has 1 unspecified atom stereocenters. The fourth-order valence-corrected chi connectivity index (χ4v) is 2.93. The number of carbonyl (C=O) groups is 1. The lowest BCUT2D eigenvalue weighted by Gasteiger charge is -2.15. The van der Waals surface area contributed by atoms with Crippen molar-refractivity contribution in [3.63, 3.8) is 0 Å². The van der Waals surface area contributed by atoms with Gasteiger partial charge in [0.1, 0.15) is 0 Å². The minimum absolute atomic E-state index is 0.0726. The number of aromatic carboxylic acids is 1. The maximum atomic E-state index is 11.2. The molecule has 1 atom stereocenters. The summed E-state index contributed by atoms with van der Waals surface area (Å²) in [5.41, 5.74) is 3.27. The highest BCUT2D eigenvalue weighted by Gasteiger charge is 2.15. The number of benzene rings is 2. The zero-order valence-electron chi connectivity index (χ0n) is 15.4. The van der Waals surface area contributed by atoms with Gasteiger partial charge in [-0.1, -0.05) is 36.4 Å². The van der Waals surface area contributed by atoms with E-state index in [0.717, 1.165) is 22.2 Å². The third-order valence-electron chi connectivity index (χ3n) is 3.93. The summed E-state index contributed by atoms with van der Waals surface area (Å²) in [5, 5.41) is 10.4. The molecule has 0 amide bonds. The molecule has 0 saturated heterocycles.